The van der Waals surface area contributed by atoms with Gasteiger partial charge in [0.25, 0.3) is 0 Å². The lowest BCUT2D eigenvalue weighted by Gasteiger charge is -2.09. The second-order valence-electron chi connectivity index (χ2n) is 4.97. The van der Waals surface area contributed by atoms with Gasteiger partial charge in [-0.05, 0) is 30.7 Å². The van der Waals surface area contributed by atoms with Crippen molar-refractivity contribution in [1.29, 1.82) is 0 Å². The lowest BCUT2D eigenvalue weighted by atomic mass is 10.2. The molecule has 1 N–H and O–H groups in total. The van der Waals surface area contributed by atoms with Crippen molar-refractivity contribution in [3.63, 3.8) is 0 Å². The fraction of sp³-hybridized carbons (Fsp3) is 0.400. The summed E-state index contributed by atoms with van der Waals surface area (Å²) in [5.41, 5.74) is 1.94. The molecular formula is C15H20ClN3O2S. The molecule has 0 unspecified atom stereocenters. The highest BCUT2D eigenvalue weighted by Crippen LogP contribution is 2.20. The van der Waals surface area contributed by atoms with E-state index < -0.39 is 9.84 Å². The average Bonchev–Trinajstić information content (AvgIpc) is 2.94. The van der Waals surface area contributed by atoms with Gasteiger partial charge in [-0.1, -0.05) is 18.5 Å². The number of sulfone groups is 1. The van der Waals surface area contributed by atoms with Gasteiger partial charge >= 0.3 is 0 Å². The third kappa shape index (κ3) is 4.09. The molecule has 0 bridgehead atoms. The smallest absolute Gasteiger partial charge is 0.178 e. The molecule has 2 rings (SSSR count). The van der Waals surface area contributed by atoms with Crippen LogP contribution >= 0.6 is 11.6 Å². The first-order valence-corrected chi connectivity index (χ1v) is 9.21. The van der Waals surface area contributed by atoms with Gasteiger partial charge in [-0.2, -0.15) is 0 Å². The molecule has 7 heteroatoms. The van der Waals surface area contributed by atoms with Crippen LogP contribution in [0.2, 0.25) is 5.02 Å². The number of hydrogen-bond acceptors (Lipinski definition) is 4. The van der Waals surface area contributed by atoms with E-state index in [2.05, 4.69) is 21.8 Å². The minimum atomic E-state index is -3.25. The molecule has 1 aromatic carbocycles. The van der Waals surface area contributed by atoms with Crippen molar-refractivity contribution in [2.24, 2.45) is 0 Å². The molecule has 5 nitrogen and oxygen atoms in total. The average molecular weight is 342 g/mol. The number of aryl methyl sites for hydroxylation is 1. The second-order valence-corrected chi connectivity index (χ2v) is 7.69. The van der Waals surface area contributed by atoms with Crippen LogP contribution in [0, 0.1) is 0 Å². The minimum absolute atomic E-state index is 0.0654. The lowest BCUT2D eigenvalue weighted by Crippen LogP contribution is -2.16. The monoisotopic (exact) mass is 341 g/mol. The van der Waals surface area contributed by atoms with Gasteiger partial charge in [0.05, 0.1) is 22.7 Å². The number of rotatable bonds is 7. The largest absolute Gasteiger partial charge is 0.334 e. The van der Waals surface area contributed by atoms with E-state index in [9.17, 15) is 8.42 Å². The van der Waals surface area contributed by atoms with Crippen molar-refractivity contribution in [2.75, 3.05) is 5.75 Å². The van der Waals surface area contributed by atoms with E-state index in [1.165, 1.54) is 6.07 Å². The molecule has 0 atom stereocenters. The zero-order valence-corrected chi connectivity index (χ0v) is 14.3. The van der Waals surface area contributed by atoms with Gasteiger partial charge in [0.2, 0.25) is 0 Å². The molecule has 120 valence electrons. The van der Waals surface area contributed by atoms with Crippen molar-refractivity contribution >= 4 is 21.4 Å². The van der Waals surface area contributed by atoms with E-state index in [0.29, 0.717) is 18.1 Å². The molecule has 1 heterocycles. The topological polar surface area (TPSA) is 64.0 Å². The zero-order chi connectivity index (χ0) is 16.2. The van der Waals surface area contributed by atoms with Crippen LogP contribution in [-0.4, -0.2) is 23.7 Å². The predicted molar refractivity (Wildman–Crippen MR) is 87.6 cm³/mol. The first-order chi connectivity index (χ1) is 10.5. The van der Waals surface area contributed by atoms with Gasteiger partial charge in [-0.15, -0.1) is 0 Å². The fourth-order valence-electron chi connectivity index (χ4n) is 2.18. The number of imidazole rings is 1. The number of halogens is 1. The molecule has 0 radical (unpaired) electrons. The summed E-state index contributed by atoms with van der Waals surface area (Å²) in [7, 11) is -3.25. The predicted octanol–water partition coefficient (Wildman–Crippen LogP) is 2.64. The van der Waals surface area contributed by atoms with Crippen LogP contribution in [0.4, 0.5) is 0 Å². The van der Waals surface area contributed by atoms with E-state index in [-0.39, 0.29) is 10.6 Å². The summed E-state index contributed by atoms with van der Waals surface area (Å²) < 4.78 is 26.0. The van der Waals surface area contributed by atoms with E-state index in [1.807, 2.05) is 6.20 Å². The van der Waals surface area contributed by atoms with Gasteiger partial charge < -0.3 is 9.88 Å². The van der Waals surface area contributed by atoms with Crippen molar-refractivity contribution in [1.82, 2.24) is 14.9 Å². The van der Waals surface area contributed by atoms with Gasteiger partial charge in [0.15, 0.2) is 9.84 Å². The van der Waals surface area contributed by atoms with Gasteiger partial charge in [0, 0.05) is 30.9 Å². The van der Waals surface area contributed by atoms with Crippen LogP contribution in [0.5, 0.6) is 0 Å². The summed E-state index contributed by atoms with van der Waals surface area (Å²) in [5.74, 6) is 0.0654. The zero-order valence-electron chi connectivity index (χ0n) is 12.7. The van der Waals surface area contributed by atoms with Gasteiger partial charge in [-0.3, -0.25) is 0 Å². The van der Waals surface area contributed by atoms with E-state index in [0.717, 1.165) is 17.8 Å². The quantitative estimate of drug-likeness (QED) is 0.840. The second kappa shape index (κ2) is 7.26. The van der Waals surface area contributed by atoms with Gasteiger partial charge in [0.1, 0.15) is 0 Å². The highest BCUT2D eigenvalue weighted by atomic mass is 35.5. The molecule has 0 spiro atoms. The van der Waals surface area contributed by atoms with Gasteiger partial charge in [-0.25, -0.2) is 13.4 Å². The van der Waals surface area contributed by atoms with Crippen LogP contribution in [0.1, 0.15) is 25.1 Å². The summed E-state index contributed by atoms with van der Waals surface area (Å²) in [6.07, 6.45) is 3.61. The maximum atomic E-state index is 12.0. The molecule has 0 aliphatic heterocycles. The van der Waals surface area contributed by atoms with Crippen LogP contribution < -0.4 is 5.32 Å². The number of aromatic nitrogens is 2. The summed E-state index contributed by atoms with van der Waals surface area (Å²) in [6, 6.07) is 4.95. The van der Waals surface area contributed by atoms with E-state index in [1.54, 1.807) is 25.4 Å². The lowest BCUT2D eigenvalue weighted by molar-refractivity contribution is 0.596. The van der Waals surface area contributed by atoms with E-state index in [4.69, 9.17) is 11.6 Å². The van der Waals surface area contributed by atoms with Crippen LogP contribution in [-0.2, 0) is 29.5 Å². The molecule has 0 saturated heterocycles. The number of hydrogen-bond donors (Lipinski definition) is 1. The third-order valence-electron chi connectivity index (χ3n) is 3.44. The Labute approximate surface area is 136 Å². The Balaban J connectivity index is 2.07. The Morgan fingerprint density at radius 2 is 2.00 bits per heavy atom. The maximum absolute atomic E-state index is 12.0. The number of benzene rings is 1. The summed E-state index contributed by atoms with van der Waals surface area (Å²) in [5, 5.41) is 3.72. The molecule has 0 amide bonds. The first-order valence-electron chi connectivity index (χ1n) is 7.18. The molecule has 0 saturated carbocycles. The molecule has 0 aliphatic carbocycles. The Hall–Kier alpha value is -1.37. The Morgan fingerprint density at radius 3 is 2.68 bits per heavy atom. The van der Waals surface area contributed by atoms with Crippen LogP contribution in [0.3, 0.4) is 0 Å². The van der Waals surface area contributed by atoms with E-state index >= 15 is 0 Å². The summed E-state index contributed by atoms with van der Waals surface area (Å²) in [6.45, 7) is 5.76. The summed E-state index contributed by atoms with van der Waals surface area (Å²) in [4.78, 5) is 4.39. The molecular weight excluding hydrogens is 322 g/mol. The van der Waals surface area contributed by atoms with Crippen LogP contribution in [0.25, 0.3) is 0 Å². The highest BCUT2D eigenvalue weighted by molar-refractivity contribution is 7.91. The molecule has 0 aliphatic rings. The van der Waals surface area contributed by atoms with Crippen molar-refractivity contribution in [3.8, 4) is 0 Å². The first kappa shape index (κ1) is 17.0. The maximum Gasteiger partial charge on any atom is 0.178 e. The van der Waals surface area contributed by atoms with Crippen LogP contribution in [0.15, 0.2) is 35.6 Å². The minimum Gasteiger partial charge on any atom is -0.334 e. The van der Waals surface area contributed by atoms with Crippen molar-refractivity contribution in [2.45, 2.75) is 38.4 Å². The third-order valence-corrected chi connectivity index (χ3v) is 5.38. The Morgan fingerprint density at radius 1 is 1.23 bits per heavy atom. The standard InChI is InChI=1S/C15H20ClN3O2S/c1-3-19-11-18-10-14(19)9-17-8-12-5-13(16)7-15(6-12)22(20,21)4-2/h5-7,10-11,17H,3-4,8-9H2,1-2H3. The number of nitrogens with one attached hydrogen (secondary N) is 1. The summed E-state index contributed by atoms with van der Waals surface area (Å²) >= 11 is 6.03. The normalized spacial score (nSPS) is 11.8. The fourth-order valence-corrected chi connectivity index (χ4v) is 3.48. The highest BCUT2D eigenvalue weighted by Gasteiger charge is 2.13. The van der Waals surface area contributed by atoms with Crippen molar-refractivity contribution < 1.29 is 8.42 Å². The molecule has 2 aromatic rings. The molecule has 22 heavy (non-hydrogen) atoms. The Kier molecular flexibility index (Phi) is 5.61. The number of nitrogens with zero attached hydrogens (tertiary/aromatic N) is 2. The van der Waals surface area contributed by atoms with Crippen molar-refractivity contribution in [3.05, 3.63) is 47.0 Å². The molecule has 1 aromatic heterocycles. The Bertz CT molecular complexity index is 741. The SMILES string of the molecule is CCn1cncc1CNCc1cc(Cl)cc(S(=O)(=O)CC)c1. The molecule has 0 fully saturated rings.